The fourth-order valence-electron chi connectivity index (χ4n) is 1.80. The average Bonchev–Trinajstić information content (AvgIpc) is 2.32. The van der Waals surface area contributed by atoms with E-state index in [4.69, 9.17) is 4.74 Å². The van der Waals surface area contributed by atoms with Gasteiger partial charge in [-0.3, -0.25) is 9.69 Å². The van der Waals surface area contributed by atoms with Gasteiger partial charge in [-0.25, -0.2) is 0 Å². The Balaban J connectivity index is 4.40. The maximum absolute atomic E-state index is 11.9. The van der Waals surface area contributed by atoms with Gasteiger partial charge in [-0.1, -0.05) is 13.3 Å². The summed E-state index contributed by atoms with van der Waals surface area (Å²) in [5.74, 6) is 1.06. The minimum atomic E-state index is -0.0863. The van der Waals surface area contributed by atoms with Crippen LogP contribution >= 0.6 is 11.8 Å². The second-order valence-electron chi connectivity index (χ2n) is 4.35. The maximum atomic E-state index is 11.9. The number of rotatable bonds is 9. The van der Waals surface area contributed by atoms with E-state index in [9.17, 15) is 4.79 Å². The molecule has 0 aromatic carbocycles. The van der Waals surface area contributed by atoms with E-state index in [1.807, 2.05) is 25.7 Å². The summed E-state index contributed by atoms with van der Waals surface area (Å²) in [6, 6.07) is 0.334. The molecule has 0 N–H and O–H groups in total. The van der Waals surface area contributed by atoms with Crippen LogP contribution in [0, 0.1) is 0 Å². The third kappa shape index (κ3) is 6.32. The maximum Gasteiger partial charge on any atom is 0.323 e. The number of carbonyl (C=O) groups excluding carboxylic acids is 1. The molecule has 0 saturated carbocycles. The van der Waals surface area contributed by atoms with Gasteiger partial charge in [0.1, 0.15) is 6.04 Å². The summed E-state index contributed by atoms with van der Waals surface area (Å²) in [4.78, 5) is 14.0. The third-order valence-electron chi connectivity index (χ3n) is 3.05. The van der Waals surface area contributed by atoms with Crippen molar-refractivity contribution < 1.29 is 9.53 Å². The van der Waals surface area contributed by atoms with Gasteiger partial charge in [0.15, 0.2) is 0 Å². The lowest BCUT2D eigenvalue weighted by Gasteiger charge is -2.31. The second-order valence-corrected chi connectivity index (χ2v) is 5.34. The number of hydrogen-bond acceptors (Lipinski definition) is 4. The highest BCUT2D eigenvalue weighted by Gasteiger charge is 2.26. The zero-order valence-corrected chi connectivity index (χ0v) is 12.7. The number of likely N-dealkylation sites (N-methyl/N-ethyl adjacent to an activating group) is 1. The molecular formula is C13H27NO2S. The van der Waals surface area contributed by atoms with Gasteiger partial charge in [-0.2, -0.15) is 11.8 Å². The molecule has 0 heterocycles. The van der Waals surface area contributed by atoms with Gasteiger partial charge in [0.05, 0.1) is 6.61 Å². The molecule has 3 nitrogen and oxygen atoms in total. The van der Waals surface area contributed by atoms with Gasteiger partial charge in [-0.15, -0.1) is 0 Å². The van der Waals surface area contributed by atoms with Crippen molar-refractivity contribution in [1.82, 2.24) is 4.90 Å². The Morgan fingerprint density at radius 2 is 2.00 bits per heavy atom. The summed E-state index contributed by atoms with van der Waals surface area (Å²) < 4.78 is 5.15. The fraction of sp³-hybridized carbons (Fsp3) is 0.923. The first kappa shape index (κ1) is 16.8. The predicted octanol–water partition coefficient (Wildman–Crippen LogP) is 2.79. The lowest BCUT2D eigenvalue weighted by atomic mass is 10.1. The summed E-state index contributed by atoms with van der Waals surface area (Å²) >= 11 is 1.85. The number of ether oxygens (including phenoxy) is 1. The van der Waals surface area contributed by atoms with Gasteiger partial charge >= 0.3 is 5.97 Å². The summed E-state index contributed by atoms with van der Waals surface area (Å²) in [6.45, 7) is 6.61. The van der Waals surface area contributed by atoms with Crippen LogP contribution in [-0.2, 0) is 9.53 Å². The summed E-state index contributed by atoms with van der Waals surface area (Å²) in [5, 5.41) is 0. The molecule has 0 aromatic heterocycles. The van der Waals surface area contributed by atoms with Crippen LogP contribution in [0.2, 0.25) is 0 Å². The molecule has 2 atom stereocenters. The van der Waals surface area contributed by atoms with E-state index in [0.29, 0.717) is 12.6 Å². The van der Waals surface area contributed by atoms with Gasteiger partial charge in [0.25, 0.3) is 0 Å². The van der Waals surface area contributed by atoms with E-state index in [1.165, 1.54) is 0 Å². The van der Waals surface area contributed by atoms with Crippen molar-refractivity contribution in [3.8, 4) is 0 Å². The largest absolute Gasteiger partial charge is 0.465 e. The van der Waals surface area contributed by atoms with Crippen LogP contribution in [-0.4, -0.2) is 48.6 Å². The molecule has 0 aliphatic heterocycles. The summed E-state index contributed by atoms with van der Waals surface area (Å²) in [5.41, 5.74) is 0. The monoisotopic (exact) mass is 261 g/mol. The van der Waals surface area contributed by atoms with Crippen molar-refractivity contribution in [2.75, 3.05) is 25.7 Å². The summed E-state index contributed by atoms with van der Waals surface area (Å²) in [7, 11) is 2.03. The lowest BCUT2D eigenvalue weighted by Crippen LogP contribution is -2.44. The molecule has 0 rings (SSSR count). The van der Waals surface area contributed by atoms with Crippen molar-refractivity contribution in [3.63, 3.8) is 0 Å². The highest BCUT2D eigenvalue weighted by atomic mass is 32.2. The quantitative estimate of drug-likeness (QED) is 0.597. The Bertz CT molecular complexity index is 212. The van der Waals surface area contributed by atoms with E-state index >= 15 is 0 Å². The van der Waals surface area contributed by atoms with Crippen LogP contribution in [0.15, 0.2) is 0 Å². The van der Waals surface area contributed by atoms with Crippen molar-refractivity contribution in [2.24, 2.45) is 0 Å². The molecule has 0 spiro atoms. The van der Waals surface area contributed by atoms with Crippen LogP contribution < -0.4 is 0 Å². The van der Waals surface area contributed by atoms with E-state index in [2.05, 4.69) is 25.0 Å². The lowest BCUT2D eigenvalue weighted by molar-refractivity contribution is -0.150. The third-order valence-corrected chi connectivity index (χ3v) is 3.69. The standard InChI is InChI=1S/C13H27NO2S/c1-6-8-12(13(15)16-7-2)14(4)11(3)9-10-17-5/h11-12H,6-10H2,1-5H3. The number of thioether (sulfide) groups is 1. The van der Waals surface area contributed by atoms with E-state index in [0.717, 1.165) is 25.0 Å². The molecule has 0 bridgehead atoms. The van der Waals surface area contributed by atoms with Crippen molar-refractivity contribution >= 4 is 17.7 Å². The zero-order valence-electron chi connectivity index (χ0n) is 11.9. The molecule has 2 unspecified atom stereocenters. The Morgan fingerprint density at radius 1 is 1.35 bits per heavy atom. The number of carbonyl (C=O) groups is 1. The smallest absolute Gasteiger partial charge is 0.323 e. The second kappa shape index (κ2) is 9.77. The highest BCUT2D eigenvalue weighted by molar-refractivity contribution is 7.98. The molecule has 0 saturated heterocycles. The van der Waals surface area contributed by atoms with Gasteiger partial charge < -0.3 is 4.74 Å². The van der Waals surface area contributed by atoms with Crippen LogP contribution in [0.1, 0.15) is 40.0 Å². The first-order chi connectivity index (χ1) is 8.08. The van der Waals surface area contributed by atoms with Gasteiger partial charge in [-0.05, 0) is 45.7 Å². The molecule has 0 radical (unpaired) electrons. The molecule has 0 aromatic rings. The van der Waals surface area contributed by atoms with Crippen molar-refractivity contribution in [2.45, 2.75) is 52.1 Å². The Morgan fingerprint density at radius 3 is 2.47 bits per heavy atom. The molecule has 0 aliphatic carbocycles. The van der Waals surface area contributed by atoms with E-state index in [-0.39, 0.29) is 12.0 Å². The number of nitrogens with zero attached hydrogens (tertiary/aromatic N) is 1. The first-order valence-electron chi connectivity index (χ1n) is 6.45. The molecule has 0 aliphatic rings. The van der Waals surface area contributed by atoms with E-state index in [1.54, 1.807) is 0 Å². The van der Waals surface area contributed by atoms with Gasteiger partial charge in [0, 0.05) is 6.04 Å². The zero-order chi connectivity index (χ0) is 13.3. The number of esters is 1. The minimum absolute atomic E-state index is 0.0761. The van der Waals surface area contributed by atoms with Gasteiger partial charge in [0.2, 0.25) is 0 Å². The molecule has 4 heteroatoms. The van der Waals surface area contributed by atoms with Crippen LogP contribution in [0.4, 0.5) is 0 Å². The molecule has 0 fully saturated rings. The predicted molar refractivity (Wildman–Crippen MR) is 75.6 cm³/mol. The Labute approximate surface area is 110 Å². The molecule has 17 heavy (non-hydrogen) atoms. The number of hydrogen-bond donors (Lipinski definition) is 0. The Hall–Kier alpha value is -0.220. The molecular weight excluding hydrogens is 234 g/mol. The van der Waals surface area contributed by atoms with Crippen molar-refractivity contribution in [3.05, 3.63) is 0 Å². The highest BCUT2D eigenvalue weighted by Crippen LogP contribution is 2.14. The summed E-state index contributed by atoms with van der Waals surface area (Å²) in [6.07, 6.45) is 5.10. The molecule has 102 valence electrons. The minimum Gasteiger partial charge on any atom is -0.465 e. The van der Waals surface area contributed by atoms with Crippen LogP contribution in [0.5, 0.6) is 0 Å². The first-order valence-corrected chi connectivity index (χ1v) is 7.85. The van der Waals surface area contributed by atoms with Crippen molar-refractivity contribution in [1.29, 1.82) is 0 Å². The normalized spacial score (nSPS) is 14.7. The van der Waals surface area contributed by atoms with Crippen LogP contribution in [0.25, 0.3) is 0 Å². The fourth-order valence-corrected chi connectivity index (χ4v) is 2.38. The molecule has 0 amide bonds. The van der Waals surface area contributed by atoms with Crippen LogP contribution in [0.3, 0.4) is 0 Å². The SMILES string of the molecule is CCCC(C(=O)OCC)N(C)C(C)CCSC. The van der Waals surface area contributed by atoms with E-state index < -0.39 is 0 Å². The topological polar surface area (TPSA) is 29.5 Å². The average molecular weight is 261 g/mol. The Kier molecular flexibility index (Phi) is 9.65.